The second-order valence-electron chi connectivity index (χ2n) is 19.0. The highest BCUT2D eigenvalue weighted by Gasteiger charge is 2.84. The Morgan fingerprint density at radius 2 is 1.72 bits per heavy atom. The number of carbonyl (C=O) groups excluding carboxylic acids is 1. The molecule has 0 aromatic heterocycles. The van der Waals surface area contributed by atoms with E-state index in [0.717, 1.165) is 51.8 Å². The highest BCUT2D eigenvalue weighted by atomic mass is 16.7. The van der Waals surface area contributed by atoms with Crippen molar-refractivity contribution in [2.45, 2.75) is 156 Å². The van der Waals surface area contributed by atoms with E-state index in [-0.39, 0.29) is 64.8 Å². The first kappa shape index (κ1) is 32.5. The predicted molar refractivity (Wildman–Crippen MR) is 176 cm³/mol. The minimum atomic E-state index is -0.497. The molecule has 7 heteroatoms. The van der Waals surface area contributed by atoms with Crippen LogP contribution in [0.3, 0.4) is 0 Å². The number of aliphatic hydroxyl groups is 1. The predicted octanol–water partition coefficient (Wildman–Crippen LogP) is 6.50. The van der Waals surface area contributed by atoms with E-state index in [9.17, 15) is 9.90 Å². The molecule has 2 heterocycles. The van der Waals surface area contributed by atoms with E-state index in [1.807, 2.05) is 0 Å². The number of rotatable bonds is 6. The van der Waals surface area contributed by atoms with E-state index in [4.69, 9.17) is 18.9 Å². The van der Waals surface area contributed by atoms with Crippen LogP contribution in [-0.2, 0) is 23.7 Å². The number of hydrogen-bond acceptors (Lipinski definition) is 7. The summed E-state index contributed by atoms with van der Waals surface area (Å²) in [6, 6.07) is 0. The zero-order valence-corrected chi connectivity index (χ0v) is 29.8. The van der Waals surface area contributed by atoms with E-state index in [1.165, 1.54) is 38.5 Å². The van der Waals surface area contributed by atoms with Crippen molar-refractivity contribution >= 4 is 5.97 Å². The van der Waals surface area contributed by atoms with Crippen LogP contribution in [0.15, 0.2) is 0 Å². The first-order valence-corrected chi connectivity index (χ1v) is 19.3. The molecule has 0 amide bonds. The first-order valence-electron chi connectivity index (χ1n) is 19.3. The molecule has 6 aliphatic carbocycles. The smallest absolute Gasteiger partial charge is 0.309 e. The molecule has 0 aromatic carbocycles. The van der Waals surface area contributed by atoms with Gasteiger partial charge in [-0.3, -0.25) is 4.79 Å². The van der Waals surface area contributed by atoms with Gasteiger partial charge in [-0.15, -0.1) is 0 Å². The molecule has 0 aromatic rings. The van der Waals surface area contributed by atoms with Crippen molar-refractivity contribution < 1.29 is 28.8 Å². The lowest BCUT2D eigenvalue weighted by atomic mass is 9.41. The Morgan fingerprint density at radius 1 is 0.978 bits per heavy atom. The summed E-state index contributed by atoms with van der Waals surface area (Å²) in [4.78, 5) is 13.0. The van der Waals surface area contributed by atoms with Crippen LogP contribution in [0.2, 0.25) is 0 Å². The van der Waals surface area contributed by atoms with Crippen molar-refractivity contribution in [2.24, 2.45) is 62.6 Å². The van der Waals surface area contributed by atoms with Crippen molar-refractivity contribution in [1.29, 1.82) is 0 Å². The highest BCUT2D eigenvalue weighted by molar-refractivity contribution is 5.73. The van der Waals surface area contributed by atoms with Gasteiger partial charge in [0.1, 0.15) is 6.10 Å². The van der Waals surface area contributed by atoms with Crippen LogP contribution in [0.25, 0.3) is 0 Å². The zero-order valence-electron chi connectivity index (χ0n) is 29.8. The van der Waals surface area contributed by atoms with Crippen molar-refractivity contribution in [2.75, 3.05) is 19.7 Å². The van der Waals surface area contributed by atoms with Gasteiger partial charge in [-0.05, 0) is 115 Å². The van der Waals surface area contributed by atoms with Crippen LogP contribution < -0.4 is 5.32 Å². The molecule has 0 radical (unpaired) electrons. The standard InChI is InChI=1S/C39H63NO6/c1-22(2)31(46-34(42)24-9-8-10-24)25-19-23(3)30-32(44-25)33(41)37(7)27-12-11-26-35(4,5)28(45-29-20-40-17-18-43-29)13-14-38(26)21-39(27,38)16-15-36(30,37)6/h22-33,40-41H,8-21H2,1-7H3/t23-,25?,26+,27?,28?,29+,30+,31-,32?,33+,36-,37-,38-,39+/m1/s1. The zero-order chi connectivity index (χ0) is 32.4. The highest BCUT2D eigenvalue weighted by Crippen LogP contribution is 2.89. The summed E-state index contributed by atoms with van der Waals surface area (Å²) in [6.07, 6.45) is 11.5. The van der Waals surface area contributed by atoms with Gasteiger partial charge in [0.25, 0.3) is 0 Å². The number of carbonyl (C=O) groups is 1. The van der Waals surface area contributed by atoms with Crippen molar-refractivity contribution in [3.05, 3.63) is 0 Å². The number of morpholine rings is 1. The van der Waals surface area contributed by atoms with Gasteiger partial charge >= 0.3 is 5.97 Å². The van der Waals surface area contributed by atoms with E-state index >= 15 is 0 Å². The van der Waals surface area contributed by atoms with Gasteiger partial charge in [-0.25, -0.2) is 0 Å². The molecule has 46 heavy (non-hydrogen) atoms. The normalized spacial score (nSPS) is 53.1. The first-order chi connectivity index (χ1) is 21.8. The molecule has 6 saturated carbocycles. The number of nitrogens with one attached hydrogen (secondary N) is 1. The van der Waals surface area contributed by atoms with E-state index in [2.05, 4.69) is 53.8 Å². The molecule has 7 nitrogen and oxygen atoms in total. The molecule has 8 aliphatic rings. The second kappa shape index (κ2) is 10.9. The average molecular weight is 642 g/mol. The lowest BCUT2D eigenvalue weighted by Gasteiger charge is -2.63. The topological polar surface area (TPSA) is 86.3 Å². The summed E-state index contributed by atoms with van der Waals surface area (Å²) in [7, 11) is 0. The van der Waals surface area contributed by atoms with Gasteiger partial charge in [0.2, 0.25) is 0 Å². The monoisotopic (exact) mass is 641 g/mol. The Morgan fingerprint density at radius 3 is 2.39 bits per heavy atom. The molecular formula is C39H63NO6. The average Bonchev–Trinajstić information content (AvgIpc) is 3.61. The minimum absolute atomic E-state index is 0.0328. The fourth-order valence-electron chi connectivity index (χ4n) is 14.1. The van der Waals surface area contributed by atoms with Gasteiger partial charge in [-0.2, -0.15) is 0 Å². The Kier molecular flexibility index (Phi) is 7.68. The largest absolute Gasteiger partial charge is 0.459 e. The van der Waals surface area contributed by atoms with Gasteiger partial charge in [0, 0.05) is 18.5 Å². The van der Waals surface area contributed by atoms with Gasteiger partial charge in [-0.1, -0.05) is 54.9 Å². The third kappa shape index (κ3) is 4.23. The molecule has 0 bridgehead atoms. The summed E-state index contributed by atoms with van der Waals surface area (Å²) in [5, 5.41) is 16.1. The number of aliphatic hydroxyl groups excluding tert-OH is 1. The van der Waals surface area contributed by atoms with E-state index in [0.29, 0.717) is 34.5 Å². The molecule has 2 saturated heterocycles. The Bertz CT molecular complexity index is 1200. The Hall–Kier alpha value is -0.730. The Labute approximate surface area is 278 Å². The third-order valence-electron chi connectivity index (χ3n) is 16.7. The molecule has 4 unspecified atom stereocenters. The number of fused-ring (bicyclic) bond motifs is 4. The van der Waals surface area contributed by atoms with Gasteiger partial charge in [0.15, 0.2) is 6.29 Å². The second-order valence-corrected chi connectivity index (χ2v) is 19.0. The maximum atomic E-state index is 13.0. The van der Waals surface area contributed by atoms with Crippen LogP contribution in [0.1, 0.15) is 119 Å². The molecule has 8 fully saturated rings. The Balaban J connectivity index is 1.04. The molecule has 2 N–H and O–H groups in total. The van der Waals surface area contributed by atoms with E-state index in [1.54, 1.807) is 0 Å². The summed E-state index contributed by atoms with van der Waals surface area (Å²) in [5.41, 5.74) is 0.644. The number of ether oxygens (including phenoxy) is 4. The van der Waals surface area contributed by atoms with Crippen molar-refractivity contribution in [1.82, 2.24) is 5.32 Å². The van der Waals surface area contributed by atoms with Crippen LogP contribution in [0.5, 0.6) is 0 Å². The SMILES string of the molecule is CC(C)[C@@H](OC(=O)C1CCC1)C1C[C@@H](C)[C@H]2C(O1)[C@H](O)[C@@]1(C)C3CC[C@H]4C(C)(C)C(O[C@H]5CNCCO5)CC[C@@]45C[C@@]35CC[C@]21C. The molecule has 2 aliphatic heterocycles. The molecule has 14 atom stereocenters. The number of esters is 1. The maximum absolute atomic E-state index is 13.0. The summed E-state index contributed by atoms with van der Waals surface area (Å²) < 4.78 is 26.0. The molecule has 2 spiro atoms. The van der Waals surface area contributed by atoms with Crippen molar-refractivity contribution in [3.8, 4) is 0 Å². The lowest BCUT2D eigenvalue weighted by molar-refractivity contribution is -0.237. The fourth-order valence-corrected chi connectivity index (χ4v) is 14.1. The molecule has 260 valence electrons. The summed E-state index contributed by atoms with van der Waals surface area (Å²) in [6.45, 7) is 19.1. The van der Waals surface area contributed by atoms with Crippen LogP contribution in [0.4, 0.5) is 0 Å². The van der Waals surface area contributed by atoms with Crippen molar-refractivity contribution in [3.63, 3.8) is 0 Å². The number of hydrogen-bond donors (Lipinski definition) is 2. The maximum Gasteiger partial charge on any atom is 0.309 e. The van der Waals surface area contributed by atoms with Gasteiger partial charge < -0.3 is 29.4 Å². The summed E-state index contributed by atoms with van der Waals surface area (Å²) >= 11 is 0. The fraction of sp³-hybridized carbons (Fsp3) is 0.974. The third-order valence-corrected chi connectivity index (χ3v) is 16.7. The quantitative estimate of drug-likeness (QED) is 0.321. The molecular weight excluding hydrogens is 578 g/mol. The van der Waals surface area contributed by atoms with E-state index < -0.39 is 6.10 Å². The van der Waals surface area contributed by atoms with Crippen LogP contribution in [-0.4, -0.2) is 67.6 Å². The minimum Gasteiger partial charge on any atom is -0.459 e. The van der Waals surface area contributed by atoms with Crippen LogP contribution in [0, 0.1) is 62.6 Å². The molecule has 8 rings (SSSR count). The summed E-state index contributed by atoms with van der Waals surface area (Å²) in [5.74, 6) is 2.11. The van der Waals surface area contributed by atoms with Crippen LogP contribution >= 0.6 is 0 Å². The lowest BCUT2D eigenvalue weighted by Crippen LogP contribution is -2.60. The van der Waals surface area contributed by atoms with Gasteiger partial charge in [0.05, 0.1) is 36.9 Å².